The van der Waals surface area contributed by atoms with Gasteiger partial charge in [0.05, 0.1) is 13.2 Å². The van der Waals surface area contributed by atoms with Crippen molar-refractivity contribution in [3.8, 4) is 5.75 Å². The zero-order valence-electron chi connectivity index (χ0n) is 16.7. The SMILES string of the molecule is CN(CCCc1ccc(OCCCCCc2ccccc2)cc1)CC(=O)O.Cl. The summed E-state index contributed by atoms with van der Waals surface area (Å²) < 4.78 is 5.83. The summed E-state index contributed by atoms with van der Waals surface area (Å²) in [7, 11) is 1.84. The summed E-state index contributed by atoms with van der Waals surface area (Å²) in [4.78, 5) is 12.5. The lowest BCUT2D eigenvalue weighted by atomic mass is 10.1. The van der Waals surface area contributed by atoms with Gasteiger partial charge in [-0.05, 0) is 75.4 Å². The second-order valence-corrected chi connectivity index (χ2v) is 7.02. The number of benzene rings is 2. The van der Waals surface area contributed by atoms with Crippen LogP contribution in [0.25, 0.3) is 0 Å². The Balaban J connectivity index is 0.00000392. The lowest BCUT2D eigenvalue weighted by Gasteiger charge is -2.13. The molecule has 2 aromatic rings. The Morgan fingerprint density at radius 3 is 2.21 bits per heavy atom. The van der Waals surface area contributed by atoms with Crippen molar-refractivity contribution >= 4 is 18.4 Å². The summed E-state index contributed by atoms with van der Waals surface area (Å²) in [6, 6.07) is 18.9. The zero-order chi connectivity index (χ0) is 19.3. The molecule has 1 N–H and O–H groups in total. The van der Waals surface area contributed by atoms with Gasteiger partial charge >= 0.3 is 5.97 Å². The minimum Gasteiger partial charge on any atom is -0.494 e. The Morgan fingerprint density at radius 2 is 1.54 bits per heavy atom. The fourth-order valence-corrected chi connectivity index (χ4v) is 3.06. The molecule has 0 spiro atoms. The van der Waals surface area contributed by atoms with Crippen LogP contribution in [0, 0.1) is 0 Å². The number of likely N-dealkylation sites (N-methyl/N-ethyl adjacent to an activating group) is 1. The van der Waals surface area contributed by atoms with Gasteiger partial charge in [0.15, 0.2) is 0 Å². The summed E-state index contributed by atoms with van der Waals surface area (Å²) >= 11 is 0. The van der Waals surface area contributed by atoms with Crippen molar-refractivity contribution in [1.82, 2.24) is 4.90 Å². The molecule has 0 aliphatic carbocycles. The number of halogens is 1. The van der Waals surface area contributed by atoms with E-state index in [0.717, 1.165) is 44.6 Å². The van der Waals surface area contributed by atoms with Gasteiger partial charge in [-0.15, -0.1) is 12.4 Å². The number of aliphatic carboxylic acids is 1. The molecule has 0 saturated heterocycles. The Hall–Kier alpha value is -2.04. The number of ether oxygens (including phenoxy) is 1. The number of nitrogens with zero attached hydrogens (tertiary/aromatic N) is 1. The molecule has 0 fully saturated rings. The largest absolute Gasteiger partial charge is 0.494 e. The summed E-state index contributed by atoms with van der Waals surface area (Å²) in [5, 5.41) is 8.75. The molecule has 0 aromatic heterocycles. The summed E-state index contributed by atoms with van der Waals surface area (Å²) in [5.74, 6) is 0.142. The second-order valence-electron chi connectivity index (χ2n) is 7.02. The first-order valence-corrected chi connectivity index (χ1v) is 9.79. The maximum absolute atomic E-state index is 10.6. The molecule has 5 heteroatoms. The van der Waals surface area contributed by atoms with Crippen molar-refractivity contribution in [3.63, 3.8) is 0 Å². The normalized spacial score (nSPS) is 10.5. The standard InChI is InChI=1S/C23H31NO3.ClH/c1-24(19-23(25)26)17-8-12-21-13-15-22(16-14-21)27-18-7-3-6-11-20-9-4-2-5-10-20;/h2,4-5,9-10,13-16H,3,6-8,11-12,17-19H2,1H3,(H,25,26);1H. The van der Waals surface area contributed by atoms with Crippen LogP contribution in [0.4, 0.5) is 0 Å². The lowest BCUT2D eigenvalue weighted by molar-refractivity contribution is -0.137. The summed E-state index contributed by atoms with van der Waals surface area (Å²) in [6.07, 6.45) is 6.48. The van der Waals surface area contributed by atoms with Gasteiger partial charge in [0.2, 0.25) is 0 Å². The molecule has 154 valence electrons. The van der Waals surface area contributed by atoms with E-state index < -0.39 is 5.97 Å². The highest BCUT2D eigenvalue weighted by molar-refractivity contribution is 5.85. The lowest BCUT2D eigenvalue weighted by Crippen LogP contribution is -2.26. The van der Waals surface area contributed by atoms with Crippen LogP contribution >= 0.6 is 12.4 Å². The molecule has 4 nitrogen and oxygen atoms in total. The van der Waals surface area contributed by atoms with Crippen LogP contribution in [-0.2, 0) is 17.6 Å². The highest BCUT2D eigenvalue weighted by atomic mass is 35.5. The molecule has 0 radical (unpaired) electrons. The van der Waals surface area contributed by atoms with Crippen LogP contribution in [0.1, 0.15) is 36.8 Å². The molecule has 0 unspecified atom stereocenters. The topological polar surface area (TPSA) is 49.8 Å². The number of carboxylic acids is 1. The van der Waals surface area contributed by atoms with Crippen molar-refractivity contribution in [2.75, 3.05) is 26.7 Å². The van der Waals surface area contributed by atoms with Gasteiger partial charge in [0.1, 0.15) is 5.75 Å². The predicted octanol–water partition coefficient (Wildman–Crippen LogP) is 4.85. The molecule has 0 aliphatic heterocycles. The second kappa shape index (κ2) is 14.0. The Labute approximate surface area is 174 Å². The first kappa shape index (κ1) is 24.0. The van der Waals surface area contributed by atoms with Crippen molar-refractivity contribution in [2.45, 2.75) is 38.5 Å². The number of rotatable bonds is 13. The number of carbonyl (C=O) groups is 1. The van der Waals surface area contributed by atoms with E-state index in [2.05, 4.69) is 42.5 Å². The van der Waals surface area contributed by atoms with E-state index in [1.54, 1.807) is 0 Å². The van der Waals surface area contributed by atoms with Gasteiger partial charge in [-0.25, -0.2) is 0 Å². The van der Waals surface area contributed by atoms with Crippen molar-refractivity contribution in [3.05, 3.63) is 65.7 Å². The maximum Gasteiger partial charge on any atom is 0.317 e. The average molecular weight is 406 g/mol. The van der Waals surface area contributed by atoms with E-state index in [9.17, 15) is 4.79 Å². The van der Waals surface area contributed by atoms with E-state index in [4.69, 9.17) is 9.84 Å². The first-order valence-electron chi connectivity index (χ1n) is 9.79. The quantitative estimate of drug-likeness (QED) is 0.484. The number of carboxylic acid groups (broad SMARTS) is 1. The molecule has 28 heavy (non-hydrogen) atoms. The third-order valence-corrected chi connectivity index (χ3v) is 4.56. The molecular weight excluding hydrogens is 374 g/mol. The fourth-order valence-electron chi connectivity index (χ4n) is 3.06. The van der Waals surface area contributed by atoms with Crippen LogP contribution in [0.5, 0.6) is 5.75 Å². The molecule has 0 bridgehead atoms. The van der Waals surface area contributed by atoms with E-state index in [0.29, 0.717) is 0 Å². The van der Waals surface area contributed by atoms with E-state index in [-0.39, 0.29) is 19.0 Å². The van der Waals surface area contributed by atoms with Gasteiger partial charge in [0, 0.05) is 0 Å². The minimum atomic E-state index is -0.779. The van der Waals surface area contributed by atoms with E-state index >= 15 is 0 Å². The molecule has 0 amide bonds. The molecule has 0 aliphatic rings. The predicted molar refractivity (Wildman–Crippen MR) is 117 cm³/mol. The monoisotopic (exact) mass is 405 g/mol. The van der Waals surface area contributed by atoms with Crippen LogP contribution < -0.4 is 4.74 Å². The zero-order valence-corrected chi connectivity index (χ0v) is 17.5. The van der Waals surface area contributed by atoms with Crippen molar-refractivity contribution in [1.29, 1.82) is 0 Å². The summed E-state index contributed by atoms with van der Waals surface area (Å²) in [5.41, 5.74) is 2.66. The van der Waals surface area contributed by atoms with Gasteiger partial charge in [0.25, 0.3) is 0 Å². The van der Waals surface area contributed by atoms with Crippen LogP contribution in [-0.4, -0.2) is 42.7 Å². The molecule has 0 saturated carbocycles. The molecule has 0 heterocycles. The molecule has 2 rings (SSSR count). The fraction of sp³-hybridized carbons (Fsp3) is 0.435. The summed E-state index contributed by atoms with van der Waals surface area (Å²) in [6.45, 7) is 1.64. The first-order chi connectivity index (χ1) is 13.1. The highest BCUT2D eigenvalue weighted by Crippen LogP contribution is 2.14. The molecular formula is C23H32ClNO3. The smallest absolute Gasteiger partial charge is 0.317 e. The van der Waals surface area contributed by atoms with Crippen LogP contribution in [0.2, 0.25) is 0 Å². The van der Waals surface area contributed by atoms with Crippen LogP contribution in [0.3, 0.4) is 0 Å². The van der Waals surface area contributed by atoms with Gasteiger partial charge < -0.3 is 9.84 Å². The maximum atomic E-state index is 10.6. The number of hydrogen-bond donors (Lipinski definition) is 1. The molecule has 2 aromatic carbocycles. The number of hydrogen-bond acceptors (Lipinski definition) is 3. The van der Waals surface area contributed by atoms with E-state index in [1.165, 1.54) is 24.0 Å². The third-order valence-electron chi connectivity index (χ3n) is 4.56. The van der Waals surface area contributed by atoms with Crippen LogP contribution in [0.15, 0.2) is 54.6 Å². The van der Waals surface area contributed by atoms with Gasteiger partial charge in [-0.1, -0.05) is 42.5 Å². The van der Waals surface area contributed by atoms with E-state index in [1.807, 2.05) is 24.1 Å². The Morgan fingerprint density at radius 1 is 0.893 bits per heavy atom. The van der Waals surface area contributed by atoms with Gasteiger partial charge in [-0.3, -0.25) is 9.69 Å². The average Bonchev–Trinajstić information content (AvgIpc) is 2.66. The molecule has 0 atom stereocenters. The highest BCUT2D eigenvalue weighted by Gasteiger charge is 2.04. The Bertz CT molecular complexity index is 661. The number of aryl methyl sites for hydroxylation is 2. The minimum absolute atomic E-state index is 0. The third kappa shape index (κ3) is 10.3. The van der Waals surface area contributed by atoms with Crippen molar-refractivity contribution < 1.29 is 14.6 Å². The van der Waals surface area contributed by atoms with Gasteiger partial charge in [-0.2, -0.15) is 0 Å². The number of unbranched alkanes of at least 4 members (excludes halogenated alkanes) is 2. The van der Waals surface area contributed by atoms with Crippen molar-refractivity contribution in [2.24, 2.45) is 0 Å². The Kier molecular flexibility index (Phi) is 12.0.